The molecule has 1 rings (SSSR count). The molecular weight excluding hydrogens is 188 g/mol. The average Bonchev–Trinajstić information content (AvgIpc) is 2.47. The summed E-state index contributed by atoms with van der Waals surface area (Å²) >= 11 is 1.41. The lowest BCUT2D eigenvalue weighted by atomic mass is 10.1. The van der Waals surface area contributed by atoms with Crippen LogP contribution in [0.15, 0.2) is 5.16 Å². The molecule has 0 saturated heterocycles. The molecule has 0 aliphatic heterocycles. The Kier molecular flexibility index (Phi) is 2.59. The van der Waals surface area contributed by atoms with Crippen LogP contribution in [0.5, 0.6) is 0 Å². The molecule has 5 nitrogen and oxygen atoms in total. The first-order valence-electron chi connectivity index (χ1n) is 3.60. The number of hydrogen-bond acceptors (Lipinski definition) is 5. The third-order valence-electron chi connectivity index (χ3n) is 1.67. The van der Waals surface area contributed by atoms with E-state index in [1.165, 1.54) is 18.7 Å². The summed E-state index contributed by atoms with van der Waals surface area (Å²) in [6.45, 7) is 1.39. The molecule has 0 saturated carbocycles. The standard InChI is InChI=1S/C7H10N4OS/c1-7(12,4-8)5-9-10-6(13-3)11(5)2/h12H,1-3H3. The first-order valence-corrected chi connectivity index (χ1v) is 4.83. The van der Waals surface area contributed by atoms with Gasteiger partial charge in [-0.25, -0.2) is 0 Å². The number of nitrogens with zero attached hydrogens (tertiary/aromatic N) is 4. The quantitative estimate of drug-likeness (QED) is 0.545. The third-order valence-corrected chi connectivity index (χ3v) is 2.39. The number of aromatic nitrogens is 3. The van der Waals surface area contributed by atoms with E-state index in [0.717, 1.165) is 0 Å². The lowest BCUT2D eigenvalue weighted by Gasteiger charge is -2.12. The van der Waals surface area contributed by atoms with Crippen molar-refractivity contribution in [2.75, 3.05) is 6.26 Å². The Bertz CT molecular complexity index is 352. The van der Waals surface area contributed by atoms with Crippen LogP contribution in [0.2, 0.25) is 0 Å². The van der Waals surface area contributed by atoms with E-state index >= 15 is 0 Å². The molecule has 1 atom stereocenters. The summed E-state index contributed by atoms with van der Waals surface area (Å²) < 4.78 is 1.61. The van der Waals surface area contributed by atoms with Crippen molar-refractivity contribution in [1.82, 2.24) is 14.8 Å². The topological polar surface area (TPSA) is 74.7 Å². The van der Waals surface area contributed by atoms with Gasteiger partial charge in [0.15, 0.2) is 11.0 Å². The molecule has 0 aliphatic rings. The van der Waals surface area contributed by atoms with Crippen molar-refractivity contribution in [2.45, 2.75) is 17.7 Å². The van der Waals surface area contributed by atoms with Crippen molar-refractivity contribution in [1.29, 1.82) is 5.26 Å². The van der Waals surface area contributed by atoms with E-state index in [9.17, 15) is 5.11 Å². The average molecular weight is 198 g/mol. The number of rotatable bonds is 2. The van der Waals surface area contributed by atoms with E-state index in [0.29, 0.717) is 5.16 Å². The molecule has 70 valence electrons. The van der Waals surface area contributed by atoms with E-state index < -0.39 is 5.60 Å². The van der Waals surface area contributed by atoms with E-state index in [1.54, 1.807) is 17.7 Å². The maximum absolute atomic E-state index is 9.59. The Morgan fingerprint density at radius 3 is 2.62 bits per heavy atom. The highest BCUT2D eigenvalue weighted by Crippen LogP contribution is 2.20. The predicted octanol–water partition coefficient (Wildman–Crippen LogP) is 0.268. The van der Waals surface area contributed by atoms with Crippen LogP contribution in [0.25, 0.3) is 0 Å². The Morgan fingerprint density at radius 1 is 1.62 bits per heavy atom. The van der Waals surface area contributed by atoms with Gasteiger partial charge in [-0.3, -0.25) is 0 Å². The summed E-state index contributed by atoms with van der Waals surface area (Å²) in [5.74, 6) is 0.263. The Hall–Kier alpha value is -1.06. The van der Waals surface area contributed by atoms with Crippen LogP contribution in [0.1, 0.15) is 12.7 Å². The predicted molar refractivity (Wildman–Crippen MR) is 48.0 cm³/mol. The Morgan fingerprint density at radius 2 is 2.23 bits per heavy atom. The molecule has 1 aromatic heterocycles. The molecule has 1 aromatic rings. The number of thioether (sulfide) groups is 1. The molecule has 0 amide bonds. The molecule has 0 aliphatic carbocycles. The second kappa shape index (κ2) is 3.36. The van der Waals surface area contributed by atoms with Crippen molar-refractivity contribution in [2.24, 2.45) is 7.05 Å². The lowest BCUT2D eigenvalue weighted by Crippen LogP contribution is -2.23. The van der Waals surface area contributed by atoms with Crippen molar-refractivity contribution >= 4 is 11.8 Å². The van der Waals surface area contributed by atoms with Crippen molar-refractivity contribution in [3.05, 3.63) is 5.82 Å². The maximum atomic E-state index is 9.59. The van der Waals surface area contributed by atoms with Crippen LogP contribution in [-0.2, 0) is 12.6 Å². The highest BCUT2D eigenvalue weighted by molar-refractivity contribution is 7.98. The number of hydrogen-bond donors (Lipinski definition) is 1. The van der Waals surface area contributed by atoms with Crippen LogP contribution in [0.4, 0.5) is 0 Å². The smallest absolute Gasteiger partial charge is 0.208 e. The first-order chi connectivity index (χ1) is 6.03. The first kappa shape index (κ1) is 10.0. The van der Waals surface area contributed by atoms with Gasteiger partial charge < -0.3 is 9.67 Å². The van der Waals surface area contributed by atoms with Crippen molar-refractivity contribution in [3.63, 3.8) is 0 Å². The van der Waals surface area contributed by atoms with Crippen molar-refractivity contribution < 1.29 is 5.11 Å². The van der Waals surface area contributed by atoms with E-state index in [1.807, 2.05) is 6.26 Å². The monoisotopic (exact) mass is 198 g/mol. The fourth-order valence-corrected chi connectivity index (χ4v) is 1.45. The highest BCUT2D eigenvalue weighted by Gasteiger charge is 2.29. The van der Waals surface area contributed by atoms with Crippen LogP contribution < -0.4 is 0 Å². The van der Waals surface area contributed by atoms with Gasteiger partial charge in [-0.1, -0.05) is 11.8 Å². The molecule has 0 fully saturated rings. The summed E-state index contributed by atoms with van der Waals surface area (Å²) in [7, 11) is 1.72. The van der Waals surface area contributed by atoms with E-state index in [2.05, 4.69) is 10.2 Å². The maximum Gasteiger partial charge on any atom is 0.208 e. The van der Waals surface area contributed by atoms with Gasteiger partial charge in [-0.15, -0.1) is 10.2 Å². The zero-order valence-electron chi connectivity index (χ0n) is 7.64. The zero-order valence-corrected chi connectivity index (χ0v) is 8.46. The fraction of sp³-hybridized carbons (Fsp3) is 0.571. The van der Waals surface area contributed by atoms with Gasteiger partial charge in [0.25, 0.3) is 0 Å². The molecule has 6 heteroatoms. The van der Waals surface area contributed by atoms with Crippen LogP contribution >= 0.6 is 11.8 Å². The molecule has 1 unspecified atom stereocenters. The molecule has 0 aromatic carbocycles. The molecule has 0 spiro atoms. The van der Waals surface area contributed by atoms with Crippen molar-refractivity contribution in [3.8, 4) is 6.07 Å². The van der Waals surface area contributed by atoms with Gasteiger partial charge in [-0.2, -0.15) is 5.26 Å². The second-order valence-electron chi connectivity index (χ2n) is 2.75. The van der Waals surface area contributed by atoms with Crippen LogP contribution in [-0.4, -0.2) is 26.1 Å². The fourth-order valence-electron chi connectivity index (χ4n) is 0.967. The summed E-state index contributed by atoms with van der Waals surface area (Å²) in [6, 6.07) is 1.76. The van der Waals surface area contributed by atoms with E-state index in [4.69, 9.17) is 5.26 Å². The summed E-state index contributed by atoms with van der Waals surface area (Å²) in [6.07, 6.45) is 1.86. The molecule has 0 bridgehead atoms. The largest absolute Gasteiger partial charge is 0.369 e. The van der Waals surface area contributed by atoms with E-state index in [-0.39, 0.29) is 5.82 Å². The van der Waals surface area contributed by atoms with Crippen LogP contribution in [0.3, 0.4) is 0 Å². The summed E-state index contributed by atoms with van der Waals surface area (Å²) in [5, 5.41) is 26.5. The SMILES string of the molecule is CSc1nnc(C(C)(O)C#N)n1C. The number of aliphatic hydroxyl groups is 1. The van der Waals surface area contributed by atoms with Gasteiger partial charge in [0.1, 0.15) is 6.07 Å². The Balaban J connectivity index is 3.18. The van der Waals surface area contributed by atoms with Gasteiger partial charge in [0.05, 0.1) is 0 Å². The zero-order chi connectivity index (χ0) is 10.1. The molecule has 13 heavy (non-hydrogen) atoms. The summed E-state index contributed by atoms with van der Waals surface area (Å²) in [4.78, 5) is 0. The minimum Gasteiger partial charge on any atom is -0.369 e. The minimum atomic E-state index is -1.57. The van der Waals surface area contributed by atoms with Gasteiger partial charge in [0, 0.05) is 7.05 Å². The molecule has 0 radical (unpaired) electrons. The van der Waals surface area contributed by atoms with Gasteiger partial charge >= 0.3 is 0 Å². The summed E-state index contributed by atoms with van der Waals surface area (Å²) in [5.41, 5.74) is -1.57. The number of nitriles is 1. The second-order valence-corrected chi connectivity index (χ2v) is 3.53. The lowest BCUT2D eigenvalue weighted by molar-refractivity contribution is 0.105. The van der Waals surface area contributed by atoms with Crippen LogP contribution in [0, 0.1) is 11.3 Å². The van der Waals surface area contributed by atoms with Gasteiger partial charge in [-0.05, 0) is 13.2 Å². The normalized spacial score (nSPS) is 15.0. The molecular formula is C7H10N4OS. The third kappa shape index (κ3) is 1.66. The Labute approximate surface area is 80.4 Å². The van der Waals surface area contributed by atoms with Gasteiger partial charge in [0.2, 0.25) is 5.60 Å². The molecule has 1 N–H and O–H groups in total. The highest BCUT2D eigenvalue weighted by atomic mass is 32.2. The molecule has 1 heterocycles. The minimum absolute atomic E-state index is 0.263.